The first kappa shape index (κ1) is 20.5. The number of rotatable bonds is 10. The van der Waals surface area contributed by atoms with Crippen molar-refractivity contribution in [3.8, 4) is 0 Å². The zero-order chi connectivity index (χ0) is 17.7. The highest BCUT2D eigenvalue weighted by molar-refractivity contribution is 5.79. The SMILES string of the molecule is CN=C(NCCCOC1CCOC1)NCCCN(C)C1CCCCC1. The fourth-order valence-electron chi connectivity index (χ4n) is 3.63. The van der Waals surface area contributed by atoms with Gasteiger partial charge < -0.3 is 25.0 Å². The summed E-state index contributed by atoms with van der Waals surface area (Å²) < 4.78 is 11.1. The Labute approximate surface area is 153 Å². The molecule has 1 atom stereocenters. The largest absolute Gasteiger partial charge is 0.379 e. The Morgan fingerprint density at radius 2 is 1.88 bits per heavy atom. The summed E-state index contributed by atoms with van der Waals surface area (Å²) in [5, 5.41) is 6.77. The van der Waals surface area contributed by atoms with Crippen LogP contribution in [0, 0.1) is 0 Å². The Morgan fingerprint density at radius 3 is 2.56 bits per heavy atom. The van der Waals surface area contributed by atoms with Crippen molar-refractivity contribution in [2.45, 2.75) is 63.5 Å². The van der Waals surface area contributed by atoms with E-state index in [4.69, 9.17) is 9.47 Å². The lowest BCUT2D eigenvalue weighted by atomic mass is 9.94. The van der Waals surface area contributed by atoms with Crippen LogP contribution in [-0.2, 0) is 9.47 Å². The second-order valence-electron chi connectivity index (χ2n) is 7.26. The number of guanidine groups is 1. The molecule has 0 spiro atoms. The lowest BCUT2D eigenvalue weighted by Gasteiger charge is -2.31. The summed E-state index contributed by atoms with van der Waals surface area (Å²) in [4.78, 5) is 6.83. The molecule has 146 valence electrons. The van der Waals surface area contributed by atoms with Crippen LogP contribution in [0.2, 0.25) is 0 Å². The van der Waals surface area contributed by atoms with E-state index in [0.29, 0.717) is 6.10 Å². The van der Waals surface area contributed by atoms with Crippen molar-refractivity contribution < 1.29 is 9.47 Å². The summed E-state index contributed by atoms with van der Waals surface area (Å²) in [5.74, 6) is 0.893. The lowest BCUT2D eigenvalue weighted by molar-refractivity contribution is 0.0420. The second-order valence-corrected chi connectivity index (χ2v) is 7.26. The van der Waals surface area contributed by atoms with Crippen molar-refractivity contribution >= 4 is 5.96 Å². The summed E-state index contributed by atoms with van der Waals surface area (Å²) >= 11 is 0. The molecule has 25 heavy (non-hydrogen) atoms. The van der Waals surface area contributed by atoms with Crippen LogP contribution in [0.5, 0.6) is 0 Å². The molecule has 2 N–H and O–H groups in total. The lowest BCUT2D eigenvalue weighted by Crippen LogP contribution is -2.40. The topological polar surface area (TPSA) is 58.1 Å². The molecule has 1 saturated carbocycles. The summed E-state index contributed by atoms with van der Waals surface area (Å²) in [6.45, 7) is 5.39. The molecule has 0 aromatic heterocycles. The van der Waals surface area contributed by atoms with Gasteiger partial charge in [-0.2, -0.15) is 0 Å². The Hall–Kier alpha value is -0.850. The number of ether oxygens (including phenoxy) is 2. The zero-order valence-electron chi connectivity index (χ0n) is 16.3. The highest BCUT2D eigenvalue weighted by atomic mass is 16.5. The summed E-state index contributed by atoms with van der Waals surface area (Å²) in [5.41, 5.74) is 0. The van der Waals surface area contributed by atoms with Gasteiger partial charge in [-0.1, -0.05) is 19.3 Å². The summed E-state index contributed by atoms with van der Waals surface area (Å²) in [7, 11) is 4.11. The van der Waals surface area contributed by atoms with Gasteiger partial charge in [0.2, 0.25) is 0 Å². The molecular formula is C19H38N4O2. The molecule has 1 aliphatic heterocycles. The molecule has 2 aliphatic rings. The van der Waals surface area contributed by atoms with E-state index < -0.39 is 0 Å². The minimum Gasteiger partial charge on any atom is -0.379 e. The molecule has 1 heterocycles. The third kappa shape index (κ3) is 8.38. The average molecular weight is 355 g/mol. The van der Waals surface area contributed by atoms with Gasteiger partial charge >= 0.3 is 0 Å². The minimum atomic E-state index is 0.304. The van der Waals surface area contributed by atoms with Gasteiger partial charge in [0.1, 0.15) is 0 Å². The van der Waals surface area contributed by atoms with Crippen LogP contribution in [-0.4, -0.2) is 76.6 Å². The number of nitrogens with one attached hydrogen (secondary N) is 2. The molecule has 0 bridgehead atoms. The molecule has 6 nitrogen and oxygen atoms in total. The highest BCUT2D eigenvalue weighted by Crippen LogP contribution is 2.21. The quantitative estimate of drug-likeness (QED) is 0.357. The maximum atomic E-state index is 5.77. The maximum absolute atomic E-state index is 5.77. The van der Waals surface area contributed by atoms with Gasteiger partial charge in [-0.15, -0.1) is 0 Å². The number of aliphatic imine (C=N–C) groups is 1. The van der Waals surface area contributed by atoms with Crippen LogP contribution in [0.1, 0.15) is 51.4 Å². The van der Waals surface area contributed by atoms with Gasteiger partial charge in [0.25, 0.3) is 0 Å². The first-order valence-electron chi connectivity index (χ1n) is 10.1. The van der Waals surface area contributed by atoms with Crippen LogP contribution >= 0.6 is 0 Å². The number of hydrogen-bond acceptors (Lipinski definition) is 4. The second kappa shape index (κ2) is 12.5. The van der Waals surface area contributed by atoms with Gasteiger partial charge in [-0.05, 0) is 45.7 Å². The molecule has 0 aromatic carbocycles. The molecule has 2 fully saturated rings. The molecular weight excluding hydrogens is 316 g/mol. The van der Waals surface area contributed by atoms with Crippen molar-refractivity contribution in [3.05, 3.63) is 0 Å². The van der Waals surface area contributed by atoms with Gasteiger partial charge in [-0.3, -0.25) is 4.99 Å². The fourth-order valence-corrected chi connectivity index (χ4v) is 3.63. The molecule has 2 rings (SSSR count). The molecule has 1 aliphatic carbocycles. The van der Waals surface area contributed by atoms with Gasteiger partial charge in [-0.25, -0.2) is 0 Å². The fraction of sp³-hybridized carbons (Fsp3) is 0.947. The van der Waals surface area contributed by atoms with Gasteiger partial charge in [0.15, 0.2) is 5.96 Å². The molecule has 0 amide bonds. The Morgan fingerprint density at radius 1 is 1.12 bits per heavy atom. The number of hydrogen-bond donors (Lipinski definition) is 2. The van der Waals surface area contributed by atoms with E-state index in [2.05, 4.69) is 27.6 Å². The third-order valence-electron chi connectivity index (χ3n) is 5.26. The van der Waals surface area contributed by atoms with Crippen molar-refractivity contribution in [2.75, 3.05) is 53.6 Å². The van der Waals surface area contributed by atoms with Crippen LogP contribution in [0.4, 0.5) is 0 Å². The molecule has 0 radical (unpaired) electrons. The van der Waals surface area contributed by atoms with E-state index in [-0.39, 0.29) is 0 Å². The van der Waals surface area contributed by atoms with Crippen LogP contribution < -0.4 is 10.6 Å². The zero-order valence-corrected chi connectivity index (χ0v) is 16.3. The van der Waals surface area contributed by atoms with E-state index >= 15 is 0 Å². The molecule has 0 aromatic rings. The highest BCUT2D eigenvalue weighted by Gasteiger charge is 2.17. The van der Waals surface area contributed by atoms with Crippen LogP contribution in [0.15, 0.2) is 4.99 Å². The normalized spacial score (nSPS) is 22.5. The van der Waals surface area contributed by atoms with E-state index in [9.17, 15) is 0 Å². The van der Waals surface area contributed by atoms with Crippen molar-refractivity contribution in [3.63, 3.8) is 0 Å². The molecule has 1 unspecified atom stereocenters. The predicted molar refractivity (Wildman–Crippen MR) is 103 cm³/mol. The van der Waals surface area contributed by atoms with E-state index in [0.717, 1.165) is 70.7 Å². The standard InChI is InChI=1S/C19H38N4O2/c1-20-19(22-12-7-14-25-18-10-15-24-16-18)21-11-6-13-23(2)17-8-4-3-5-9-17/h17-18H,3-16H2,1-2H3,(H2,20,21,22). The smallest absolute Gasteiger partial charge is 0.190 e. The monoisotopic (exact) mass is 354 g/mol. The van der Waals surface area contributed by atoms with Crippen molar-refractivity contribution in [2.24, 2.45) is 4.99 Å². The number of nitrogens with zero attached hydrogens (tertiary/aromatic N) is 2. The van der Waals surface area contributed by atoms with Crippen LogP contribution in [0.25, 0.3) is 0 Å². The first-order valence-corrected chi connectivity index (χ1v) is 10.1. The first-order chi connectivity index (χ1) is 12.3. The van der Waals surface area contributed by atoms with Crippen LogP contribution in [0.3, 0.4) is 0 Å². The Balaban J connectivity index is 1.45. The van der Waals surface area contributed by atoms with Crippen molar-refractivity contribution in [1.82, 2.24) is 15.5 Å². The average Bonchev–Trinajstić information content (AvgIpc) is 3.17. The van der Waals surface area contributed by atoms with E-state index in [1.165, 1.54) is 32.1 Å². The summed E-state index contributed by atoms with van der Waals surface area (Å²) in [6.07, 6.45) is 10.5. The summed E-state index contributed by atoms with van der Waals surface area (Å²) in [6, 6.07) is 0.802. The maximum Gasteiger partial charge on any atom is 0.190 e. The minimum absolute atomic E-state index is 0.304. The predicted octanol–water partition coefficient (Wildman–Crippen LogP) is 2.00. The van der Waals surface area contributed by atoms with Gasteiger partial charge in [0, 0.05) is 39.4 Å². The van der Waals surface area contributed by atoms with E-state index in [1.807, 2.05) is 7.05 Å². The van der Waals surface area contributed by atoms with E-state index in [1.54, 1.807) is 0 Å². The van der Waals surface area contributed by atoms with Crippen molar-refractivity contribution in [1.29, 1.82) is 0 Å². The molecule has 1 saturated heterocycles. The Bertz CT molecular complexity index is 366. The third-order valence-corrected chi connectivity index (χ3v) is 5.26. The Kier molecular flexibility index (Phi) is 10.2. The van der Waals surface area contributed by atoms with Gasteiger partial charge in [0.05, 0.1) is 12.7 Å². The molecule has 6 heteroatoms.